The zero-order valence-corrected chi connectivity index (χ0v) is 11.2. The van der Waals surface area contributed by atoms with Gasteiger partial charge in [-0.2, -0.15) is 0 Å². The summed E-state index contributed by atoms with van der Waals surface area (Å²) in [5, 5.41) is 10.6. The molecule has 0 spiro atoms. The monoisotopic (exact) mass is 242 g/mol. The van der Waals surface area contributed by atoms with Gasteiger partial charge in [0.1, 0.15) is 0 Å². The van der Waals surface area contributed by atoms with Gasteiger partial charge in [0.2, 0.25) is 0 Å². The first-order chi connectivity index (χ1) is 7.99. The van der Waals surface area contributed by atoms with Crippen molar-refractivity contribution in [3.63, 3.8) is 0 Å². The molecule has 17 heavy (non-hydrogen) atoms. The van der Waals surface area contributed by atoms with E-state index < -0.39 is 5.60 Å². The molecule has 0 aromatic heterocycles. The molecule has 2 atom stereocenters. The van der Waals surface area contributed by atoms with E-state index in [0.29, 0.717) is 12.7 Å². The van der Waals surface area contributed by atoms with Crippen molar-refractivity contribution in [1.82, 2.24) is 0 Å². The average Bonchev–Trinajstić information content (AvgIpc) is 2.68. The maximum Gasteiger partial charge on any atom is 0.0697 e. The van der Waals surface area contributed by atoms with E-state index in [-0.39, 0.29) is 5.60 Å². The van der Waals surface area contributed by atoms with E-state index in [2.05, 4.69) is 13.8 Å². The Morgan fingerprint density at radius 2 is 2.12 bits per heavy atom. The van der Waals surface area contributed by atoms with Gasteiger partial charge >= 0.3 is 0 Å². The topological polar surface area (TPSA) is 38.7 Å². The normalized spacial score (nSPS) is 37.2. The summed E-state index contributed by atoms with van der Waals surface area (Å²) < 4.78 is 11.3. The molecule has 2 saturated heterocycles. The Morgan fingerprint density at radius 3 is 2.76 bits per heavy atom. The molecule has 1 N–H and O–H groups in total. The smallest absolute Gasteiger partial charge is 0.0697 e. The lowest BCUT2D eigenvalue weighted by Crippen LogP contribution is -2.45. The summed E-state index contributed by atoms with van der Waals surface area (Å²) in [6, 6.07) is 0. The van der Waals surface area contributed by atoms with Crippen LogP contribution in [0.1, 0.15) is 58.8 Å². The second kappa shape index (κ2) is 5.25. The Bertz CT molecular complexity index is 246. The zero-order valence-electron chi connectivity index (χ0n) is 11.2. The Labute approximate surface area is 104 Å². The third kappa shape index (κ3) is 3.94. The highest BCUT2D eigenvalue weighted by Crippen LogP contribution is 2.35. The highest BCUT2D eigenvalue weighted by Gasteiger charge is 2.38. The van der Waals surface area contributed by atoms with Gasteiger partial charge in [0.15, 0.2) is 0 Å². The van der Waals surface area contributed by atoms with Crippen molar-refractivity contribution >= 4 is 0 Å². The van der Waals surface area contributed by atoms with Gasteiger partial charge in [0.25, 0.3) is 0 Å². The molecule has 2 aliphatic rings. The first kappa shape index (κ1) is 13.3. The second-order valence-electron chi connectivity index (χ2n) is 6.29. The predicted octanol–water partition coefficient (Wildman–Crippen LogP) is 2.66. The Morgan fingerprint density at radius 1 is 1.29 bits per heavy atom. The largest absolute Gasteiger partial charge is 0.390 e. The van der Waals surface area contributed by atoms with Crippen LogP contribution in [0.25, 0.3) is 0 Å². The number of rotatable bonds is 4. The first-order valence-corrected chi connectivity index (χ1v) is 6.97. The van der Waals surface area contributed by atoms with E-state index >= 15 is 0 Å². The number of hydrogen-bond acceptors (Lipinski definition) is 3. The van der Waals surface area contributed by atoms with Crippen molar-refractivity contribution in [2.24, 2.45) is 0 Å². The molecule has 2 heterocycles. The molecule has 0 amide bonds. The molecule has 0 radical (unpaired) electrons. The Hall–Kier alpha value is -0.120. The van der Waals surface area contributed by atoms with Gasteiger partial charge in [-0.1, -0.05) is 0 Å². The molecule has 3 heteroatoms. The summed E-state index contributed by atoms with van der Waals surface area (Å²) in [7, 11) is 0. The van der Waals surface area contributed by atoms with Crippen molar-refractivity contribution < 1.29 is 14.6 Å². The predicted molar refractivity (Wildman–Crippen MR) is 67.0 cm³/mol. The van der Waals surface area contributed by atoms with Gasteiger partial charge in [0.05, 0.1) is 23.9 Å². The van der Waals surface area contributed by atoms with Crippen molar-refractivity contribution in [2.45, 2.75) is 76.1 Å². The van der Waals surface area contributed by atoms with E-state index in [1.54, 1.807) is 0 Å². The van der Waals surface area contributed by atoms with Crippen molar-refractivity contribution in [3.05, 3.63) is 0 Å². The summed E-state index contributed by atoms with van der Waals surface area (Å²) in [4.78, 5) is 0. The van der Waals surface area contributed by atoms with E-state index in [9.17, 15) is 5.11 Å². The molecule has 0 bridgehead atoms. The van der Waals surface area contributed by atoms with E-state index in [0.717, 1.165) is 38.7 Å². The highest BCUT2D eigenvalue weighted by atomic mass is 16.5. The standard InChI is InChI=1S/C14H26O3/c1-13(2)11-14(15,8-10-17-13)7-3-5-12-6-4-9-16-12/h12,15H,3-11H2,1-2H3. The van der Waals surface area contributed by atoms with Gasteiger partial charge in [-0.25, -0.2) is 0 Å². The van der Waals surface area contributed by atoms with Crippen molar-refractivity contribution in [1.29, 1.82) is 0 Å². The van der Waals surface area contributed by atoms with Crippen LogP contribution in [0.4, 0.5) is 0 Å². The van der Waals surface area contributed by atoms with Crippen LogP contribution in [0.3, 0.4) is 0 Å². The van der Waals surface area contributed by atoms with Crippen molar-refractivity contribution in [2.75, 3.05) is 13.2 Å². The van der Waals surface area contributed by atoms with Crippen LogP contribution < -0.4 is 0 Å². The van der Waals surface area contributed by atoms with E-state index in [1.165, 1.54) is 12.8 Å². The molecular weight excluding hydrogens is 216 g/mol. The molecular formula is C14H26O3. The fourth-order valence-electron chi connectivity index (χ4n) is 3.19. The zero-order chi connectivity index (χ0) is 12.4. The van der Waals surface area contributed by atoms with E-state index in [1.807, 2.05) is 0 Å². The minimum Gasteiger partial charge on any atom is -0.390 e. The molecule has 100 valence electrons. The van der Waals surface area contributed by atoms with Crippen LogP contribution >= 0.6 is 0 Å². The third-order valence-corrected chi connectivity index (χ3v) is 4.01. The molecule has 0 aliphatic carbocycles. The highest BCUT2D eigenvalue weighted by molar-refractivity contribution is 4.90. The van der Waals surface area contributed by atoms with Gasteiger partial charge in [0, 0.05) is 13.0 Å². The summed E-state index contributed by atoms with van der Waals surface area (Å²) in [5.74, 6) is 0. The van der Waals surface area contributed by atoms with E-state index in [4.69, 9.17) is 9.47 Å². The number of aliphatic hydroxyl groups is 1. The fourth-order valence-corrected chi connectivity index (χ4v) is 3.19. The lowest BCUT2D eigenvalue weighted by atomic mass is 9.81. The maximum atomic E-state index is 10.6. The maximum absolute atomic E-state index is 10.6. The Kier molecular flexibility index (Phi) is 4.11. The van der Waals surface area contributed by atoms with Gasteiger partial charge in [-0.3, -0.25) is 0 Å². The van der Waals surface area contributed by atoms with Crippen LogP contribution in [0.2, 0.25) is 0 Å². The molecule has 0 aromatic rings. The number of hydrogen-bond donors (Lipinski definition) is 1. The van der Waals surface area contributed by atoms with Crippen LogP contribution in [0, 0.1) is 0 Å². The molecule has 3 nitrogen and oxygen atoms in total. The summed E-state index contributed by atoms with van der Waals surface area (Å²) in [6.07, 6.45) is 7.45. The van der Waals surface area contributed by atoms with Crippen molar-refractivity contribution in [3.8, 4) is 0 Å². The SMILES string of the molecule is CC1(C)CC(O)(CCCC2CCCO2)CCO1. The van der Waals surface area contributed by atoms with Crippen LogP contribution in [-0.2, 0) is 9.47 Å². The second-order valence-corrected chi connectivity index (χ2v) is 6.29. The molecule has 0 aromatic carbocycles. The molecule has 2 unspecified atom stereocenters. The van der Waals surface area contributed by atoms with Gasteiger partial charge < -0.3 is 14.6 Å². The van der Waals surface area contributed by atoms with Crippen LogP contribution in [0.15, 0.2) is 0 Å². The summed E-state index contributed by atoms with van der Waals surface area (Å²) in [5.41, 5.74) is -0.683. The van der Waals surface area contributed by atoms with Crippen LogP contribution in [0.5, 0.6) is 0 Å². The number of ether oxygens (including phenoxy) is 2. The minimum absolute atomic E-state index is 0.170. The van der Waals surface area contributed by atoms with Gasteiger partial charge in [-0.05, 0) is 52.4 Å². The lowest BCUT2D eigenvalue weighted by molar-refractivity contribution is -0.147. The molecule has 2 fully saturated rings. The fraction of sp³-hybridized carbons (Fsp3) is 1.00. The quantitative estimate of drug-likeness (QED) is 0.823. The molecule has 0 saturated carbocycles. The average molecular weight is 242 g/mol. The summed E-state index contributed by atoms with van der Waals surface area (Å²) in [6.45, 7) is 5.74. The third-order valence-electron chi connectivity index (χ3n) is 4.01. The minimum atomic E-state index is -0.514. The first-order valence-electron chi connectivity index (χ1n) is 6.97. The van der Waals surface area contributed by atoms with Gasteiger partial charge in [-0.15, -0.1) is 0 Å². The Balaban J connectivity index is 1.73. The lowest BCUT2D eigenvalue weighted by Gasteiger charge is -2.41. The molecule has 2 rings (SSSR count). The van der Waals surface area contributed by atoms with Crippen LogP contribution in [-0.4, -0.2) is 35.6 Å². The summed E-state index contributed by atoms with van der Waals surface area (Å²) >= 11 is 0. The molecule has 2 aliphatic heterocycles.